The second kappa shape index (κ2) is 4.06. The van der Waals surface area contributed by atoms with Crippen LogP contribution in [-0.4, -0.2) is 13.0 Å². The Morgan fingerprint density at radius 2 is 2.06 bits per heavy atom. The highest BCUT2D eigenvalue weighted by Crippen LogP contribution is 2.37. The highest BCUT2D eigenvalue weighted by atomic mass is 19.4. The lowest BCUT2D eigenvalue weighted by atomic mass is 10.0. The Balaban J connectivity index is 2.38. The summed E-state index contributed by atoms with van der Waals surface area (Å²) in [7, 11) is 0. The average Bonchev–Trinajstić information content (AvgIpc) is 2.18. The van der Waals surface area contributed by atoms with Crippen molar-refractivity contribution in [2.24, 2.45) is 5.73 Å². The maximum Gasteiger partial charge on any atom is 0.573 e. The normalized spacial score (nSPS) is 19.5. The summed E-state index contributed by atoms with van der Waals surface area (Å²) in [5.74, 6) is -1.86. The largest absolute Gasteiger partial charge is 0.573 e. The van der Waals surface area contributed by atoms with Crippen molar-refractivity contribution >= 4 is 0 Å². The summed E-state index contributed by atoms with van der Waals surface area (Å²) in [6, 6.07) is 1.31. The summed E-state index contributed by atoms with van der Waals surface area (Å²) in [4.78, 5) is 0. The maximum atomic E-state index is 13.3. The first-order valence-corrected chi connectivity index (χ1v) is 4.84. The third-order valence-corrected chi connectivity index (χ3v) is 2.38. The van der Waals surface area contributed by atoms with E-state index in [-0.39, 0.29) is 5.75 Å². The molecule has 0 aromatic heterocycles. The number of rotatable bonds is 1. The van der Waals surface area contributed by atoms with Crippen LogP contribution in [0.4, 0.5) is 17.6 Å². The first-order valence-electron chi connectivity index (χ1n) is 4.84. The lowest BCUT2D eigenvalue weighted by Gasteiger charge is -2.23. The number of fused-ring (bicyclic) bond motifs is 1. The minimum atomic E-state index is -4.94. The van der Waals surface area contributed by atoms with Crippen LogP contribution >= 0.6 is 0 Å². The van der Waals surface area contributed by atoms with Gasteiger partial charge >= 0.3 is 6.36 Å². The molecule has 0 fully saturated rings. The van der Waals surface area contributed by atoms with E-state index in [1.807, 2.05) is 0 Å². The van der Waals surface area contributed by atoms with Gasteiger partial charge in [-0.3, -0.25) is 0 Å². The fourth-order valence-corrected chi connectivity index (χ4v) is 1.62. The minimum Gasteiger partial charge on any atom is -0.493 e. The first-order chi connectivity index (χ1) is 7.87. The highest BCUT2D eigenvalue weighted by molar-refractivity contribution is 5.44. The van der Waals surface area contributed by atoms with E-state index in [0.717, 1.165) is 12.1 Å². The smallest absolute Gasteiger partial charge is 0.493 e. The summed E-state index contributed by atoms with van der Waals surface area (Å²) in [5, 5.41) is 0. The molecule has 1 aromatic carbocycles. The fourth-order valence-electron chi connectivity index (χ4n) is 1.62. The minimum absolute atomic E-state index is 0.163. The molecule has 0 aliphatic carbocycles. The van der Waals surface area contributed by atoms with E-state index < -0.39 is 24.0 Å². The van der Waals surface area contributed by atoms with Crippen LogP contribution in [0.5, 0.6) is 11.5 Å². The molecule has 0 saturated carbocycles. The van der Waals surface area contributed by atoms with E-state index in [0.29, 0.717) is 18.6 Å². The van der Waals surface area contributed by atoms with Crippen LogP contribution in [0.3, 0.4) is 0 Å². The van der Waals surface area contributed by atoms with E-state index >= 15 is 0 Å². The molecule has 17 heavy (non-hydrogen) atoms. The summed E-state index contributed by atoms with van der Waals surface area (Å²) in [6.07, 6.45) is -4.47. The zero-order valence-electron chi connectivity index (χ0n) is 8.55. The molecule has 2 rings (SSSR count). The van der Waals surface area contributed by atoms with Crippen molar-refractivity contribution < 1.29 is 27.0 Å². The monoisotopic (exact) mass is 251 g/mol. The molecular formula is C10H9F4NO2. The molecule has 94 valence electrons. The highest BCUT2D eigenvalue weighted by Gasteiger charge is 2.33. The molecule has 3 nitrogen and oxygen atoms in total. The van der Waals surface area contributed by atoms with Gasteiger partial charge in [-0.1, -0.05) is 0 Å². The molecule has 7 heteroatoms. The molecule has 1 aliphatic heterocycles. The maximum absolute atomic E-state index is 13.3. The molecule has 1 heterocycles. The van der Waals surface area contributed by atoms with Gasteiger partial charge in [-0.05, 0) is 6.07 Å². The lowest BCUT2D eigenvalue weighted by molar-refractivity contribution is -0.275. The Kier molecular flexibility index (Phi) is 2.86. The number of alkyl halides is 3. The summed E-state index contributed by atoms with van der Waals surface area (Å²) >= 11 is 0. The third kappa shape index (κ3) is 2.60. The van der Waals surface area contributed by atoms with Crippen molar-refractivity contribution in [3.05, 3.63) is 23.5 Å². The summed E-state index contributed by atoms with van der Waals surface area (Å²) in [6.45, 7) is 0.313. The molecule has 0 amide bonds. The first kappa shape index (κ1) is 12.0. The van der Waals surface area contributed by atoms with Gasteiger partial charge in [0.15, 0.2) is 11.6 Å². The van der Waals surface area contributed by atoms with Crippen molar-refractivity contribution in [2.75, 3.05) is 6.61 Å². The van der Waals surface area contributed by atoms with E-state index in [1.54, 1.807) is 0 Å². The molecule has 0 radical (unpaired) electrons. The van der Waals surface area contributed by atoms with Crippen molar-refractivity contribution in [1.82, 2.24) is 0 Å². The zero-order valence-corrected chi connectivity index (χ0v) is 8.55. The second-order valence-corrected chi connectivity index (χ2v) is 3.61. The number of benzene rings is 1. The van der Waals surface area contributed by atoms with Gasteiger partial charge in [-0.2, -0.15) is 0 Å². The third-order valence-electron chi connectivity index (χ3n) is 2.38. The predicted molar refractivity (Wildman–Crippen MR) is 50.1 cm³/mol. The van der Waals surface area contributed by atoms with Gasteiger partial charge in [0.1, 0.15) is 5.75 Å². The number of halogens is 4. The molecule has 1 atom stereocenters. The van der Waals surface area contributed by atoms with Gasteiger partial charge in [0.05, 0.1) is 6.61 Å². The van der Waals surface area contributed by atoms with Crippen molar-refractivity contribution in [3.8, 4) is 11.5 Å². The Labute approximate surface area is 94.1 Å². The van der Waals surface area contributed by atoms with Gasteiger partial charge in [0, 0.05) is 24.1 Å². The van der Waals surface area contributed by atoms with E-state index in [2.05, 4.69) is 4.74 Å². The van der Waals surface area contributed by atoms with Crippen LogP contribution in [0.2, 0.25) is 0 Å². The Morgan fingerprint density at radius 1 is 1.35 bits per heavy atom. The van der Waals surface area contributed by atoms with Crippen LogP contribution in [0.25, 0.3) is 0 Å². The van der Waals surface area contributed by atoms with E-state index in [9.17, 15) is 17.6 Å². The van der Waals surface area contributed by atoms with E-state index in [1.165, 1.54) is 0 Å². The van der Waals surface area contributed by atoms with Gasteiger partial charge in [0.25, 0.3) is 0 Å². The van der Waals surface area contributed by atoms with Crippen LogP contribution in [-0.2, 0) is 0 Å². The fraction of sp³-hybridized carbons (Fsp3) is 0.400. The topological polar surface area (TPSA) is 44.5 Å². The Morgan fingerprint density at radius 3 is 2.71 bits per heavy atom. The molecular weight excluding hydrogens is 242 g/mol. The number of hydrogen-bond acceptors (Lipinski definition) is 3. The number of hydrogen-bond donors (Lipinski definition) is 1. The Hall–Kier alpha value is -1.50. The second-order valence-electron chi connectivity index (χ2n) is 3.61. The summed E-state index contributed by atoms with van der Waals surface area (Å²) < 4.78 is 58.0. The summed E-state index contributed by atoms with van der Waals surface area (Å²) in [5.41, 5.74) is 6.01. The SMILES string of the molecule is NC1CCOc2cc(F)c(OC(F)(F)F)cc21. The molecule has 2 N–H and O–H groups in total. The van der Waals surface area contributed by atoms with Gasteiger partial charge in [-0.15, -0.1) is 13.2 Å². The zero-order chi connectivity index (χ0) is 12.6. The molecule has 0 spiro atoms. The van der Waals surface area contributed by atoms with Gasteiger partial charge < -0.3 is 15.2 Å². The van der Waals surface area contributed by atoms with Crippen LogP contribution in [0.15, 0.2) is 12.1 Å². The van der Waals surface area contributed by atoms with Crippen LogP contribution in [0, 0.1) is 5.82 Å². The molecule has 1 aliphatic rings. The Bertz CT molecular complexity index is 433. The molecule has 0 saturated heterocycles. The van der Waals surface area contributed by atoms with Gasteiger partial charge in [-0.25, -0.2) is 4.39 Å². The molecule has 0 bridgehead atoms. The lowest BCUT2D eigenvalue weighted by Crippen LogP contribution is -2.22. The molecule has 1 unspecified atom stereocenters. The quantitative estimate of drug-likeness (QED) is 0.780. The number of nitrogens with two attached hydrogens (primary N) is 1. The average molecular weight is 251 g/mol. The van der Waals surface area contributed by atoms with Crippen LogP contribution in [0.1, 0.15) is 18.0 Å². The van der Waals surface area contributed by atoms with Crippen molar-refractivity contribution in [1.29, 1.82) is 0 Å². The number of ether oxygens (including phenoxy) is 2. The van der Waals surface area contributed by atoms with Crippen molar-refractivity contribution in [2.45, 2.75) is 18.8 Å². The van der Waals surface area contributed by atoms with Gasteiger partial charge in [0.2, 0.25) is 0 Å². The standard InChI is InChI=1S/C10H9F4NO2/c11-6-4-8-5(7(15)1-2-16-8)3-9(6)17-10(12,13)14/h3-4,7H,1-2,15H2. The van der Waals surface area contributed by atoms with E-state index in [4.69, 9.17) is 10.5 Å². The van der Waals surface area contributed by atoms with Crippen molar-refractivity contribution in [3.63, 3.8) is 0 Å². The predicted octanol–water partition coefficient (Wildman–Crippen LogP) is 2.51. The van der Waals surface area contributed by atoms with Crippen LogP contribution < -0.4 is 15.2 Å². The molecule has 1 aromatic rings.